The number of carbonyl (C=O) groups is 2. The van der Waals surface area contributed by atoms with Gasteiger partial charge in [-0.15, -0.1) is 0 Å². The van der Waals surface area contributed by atoms with Crippen molar-refractivity contribution < 1.29 is 9.59 Å². The molecule has 1 saturated heterocycles. The largest absolute Gasteiger partial charge is 0.397 e. The Morgan fingerprint density at radius 3 is 2.85 bits per heavy atom. The average molecular weight is 297 g/mol. The second kappa shape index (κ2) is 6.11. The van der Waals surface area contributed by atoms with Gasteiger partial charge in [-0.1, -0.05) is 11.6 Å². The first-order chi connectivity index (χ1) is 9.45. The van der Waals surface area contributed by atoms with Gasteiger partial charge in [-0.05, 0) is 18.2 Å². The molecule has 7 heteroatoms. The quantitative estimate of drug-likeness (QED) is 0.802. The van der Waals surface area contributed by atoms with Crippen molar-refractivity contribution in [1.82, 2.24) is 9.80 Å². The summed E-state index contributed by atoms with van der Waals surface area (Å²) in [4.78, 5) is 27.0. The Balaban J connectivity index is 1.91. The molecule has 6 nitrogen and oxygen atoms in total. The van der Waals surface area contributed by atoms with Crippen LogP contribution in [-0.2, 0) is 9.59 Å². The number of rotatable bonds is 3. The zero-order valence-corrected chi connectivity index (χ0v) is 12.0. The Bertz CT molecular complexity index is 535. The fourth-order valence-corrected chi connectivity index (χ4v) is 2.16. The van der Waals surface area contributed by atoms with E-state index >= 15 is 0 Å². The van der Waals surface area contributed by atoms with E-state index in [2.05, 4.69) is 5.32 Å². The predicted octanol–water partition coefficient (Wildman–Crippen LogP) is 0.635. The van der Waals surface area contributed by atoms with Crippen LogP contribution < -0.4 is 11.1 Å². The molecule has 0 radical (unpaired) electrons. The van der Waals surface area contributed by atoms with Gasteiger partial charge in [-0.25, -0.2) is 0 Å². The third-order valence-electron chi connectivity index (χ3n) is 3.19. The van der Waals surface area contributed by atoms with Crippen molar-refractivity contribution in [1.29, 1.82) is 0 Å². The minimum absolute atomic E-state index is 0.0232. The smallest absolute Gasteiger partial charge is 0.238 e. The molecule has 2 rings (SSSR count). The molecule has 1 fully saturated rings. The van der Waals surface area contributed by atoms with Gasteiger partial charge in [-0.2, -0.15) is 0 Å². The van der Waals surface area contributed by atoms with Crippen LogP contribution in [0.3, 0.4) is 0 Å². The number of hydrogen-bond donors (Lipinski definition) is 2. The number of nitrogen functional groups attached to an aromatic ring is 1. The summed E-state index contributed by atoms with van der Waals surface area (Å²) in [5.74, 6) is -0.175. The fourth-order valence-electron chi connectivity index (χ4n) is 1.98. The maximum absolute atomic E-state index is 11.9. The Morgan fingerprint density at radius 1 is 1.45 bits per heavy atom. The molecule has 108 valence electrons. The third-order valence-corrected chi connectivity index (χ3v) is 3.43. The van der Waals surface area contributed by atoms with Crippen molar-refractivity contribution in [3.63, 3.8) is 0 Å². The zero-order valence-electron chi connectivity index (χ0n) is 11.2. The van der Waals surface area contributed by atoms with E-state index in [1.807, 2.05) is 4.90 Å². The Labute approximate surface area is 122 Å². The predicted molar refractivity (Wildman–Crippen MR) is 78.6 cm³/mol. The van der Waals surface area contributed by atoms with Crippen LogP contribution >= 0.6 is 11.6 Å². The van der Waals surface area contributed by atoms with E-state index in [0.29, 0.717) is 29.5 Å². The van der Waals surface area contributed by atoms with Crippen molar-refractivity contribution in [2.45, 2.75) is 0 Å². The highest BCUT2D eigenvalue weighted by atomic mass is 35.5. The lowest BCUT2D eigenvalue weighted by Crippen LogP contribution is -2.50. The first-order valence-corrected chi connectivity index (χ1v) is 6.64. The molecule has 0 saturated carbocycles. The summed E-state index contributed by atoms with van der Waals surface area (Å²) in [6, 6.07) is 4.90. The molecule has 0 atom stereocenters. The molecule has 1 aliphatic rings. The minimum atomic E-state index is -0.198. The minimum Gasteiger partial charge on any atom is -0.397 e. The number of piperazine rings is 1. The lowest BCUT2D eigenvalue weighted by molar-refractivity contribution is -0.135. The van der Waals surface area contributed by atoms with Crippen molar-refractivity contribution in [3.8, 4) is 0 Å². The number of likely N-dealkylation sites (N-methyl/N-ethyl adjacent to an activating group) is 1. The van der Waals surface area contributed by atoms with Gasteiger partial charge in [0.25, 0.3) is 0 Å². The second-order valence-corrected chi connectivity index (χ2v) is 5.24. The molecular formula is C13H17ClN4O2. The van der Waals surface area contributed by atoms with Crippen LogP contribution in [0.25, 0.3) is 0 Å². The van der Waals surface area contributed by atoms with E-state index in [4.69, 9.17) is 17.3 Å². The highest BCUT2D eigenvalue weighted by Gasteiger charge is 2.22. The number of benzene rings is 1. The monoisotopic (exact) mass is 296 g/mol. The summed E-state index contributed by atoms with van der Waals surface area (Å²) in [6.07, 6.45) is 0. The van der Waals surface area contributed by atoms with E-state index in [-0.39, 0.29) is 24.9 Å². The standard InChI is InChI=1S/C13H17ClN4O2/c1-17-4-5-18(8-13(17)20)7-12(19)16-11-3-2-9(14)6-10(11)15/h2-3,6H,4-5,7-8,15H2,1H3,(H,16,19). The first kappa shape index (κ1) is 14.6. The number of nitrogens with one attached hydrogen (secondary N) is 1. The summed E-state index contributed by atoms with van der Waals surface area (Å²) in [6.45, 7) is 1.75. The molecule has 1 aromatic rings. The third kappa shape index (κ3) is 3.61. The maximum Gasteiger partial charge on any atom is 0.238 e. The van der Waals surface area contributed by atoms with Gasteiger partial charge in [0, 0.05) is 25.2 Å². The van der Waals surface area contributed by atoms with Gasteiger partial charge < -0.3 is 16.0 Å². The summed E-state index contributed by atoms with van der Waals surface area (Å²) in [5.41, 5.74) is 6.71. The van der Waals surface area contributed by atoms with E-state index in [1.54, 1.807) is 30.1 Å². The van der Waals surface area contributed by atoms with Crippen LogP contribution in [0, 0.1) is 0 Å². The van der Waals surface area contributed by atoms with Gasteiger partial charge in [0.15, 0.2) is 0 Å². The molecule has 0 aromatic heterocycles. The van der Waals surface area contributed by atoms with Crippen molar-refractivity contribution in [3.05, 3.63) is 23.2 Å². The van der Waals surface area contributed by atoms with Crippen molar-refractivity contribution in [2.24, 2.45) is 0 Å². The van der Waals surface area contributed by atoms with Crippen LogP contribution in [0.2, 0.25) is 5.02 Å². The van der Waals surface area contributed by atoms with Gasteiger partial charge >= 0.3 is 0 Å². The maximum atomic E-state index is 11.9. The Kier molecular flexibility index (Phi) is 4.46. The molecule has 1 aliphatic heterocycles. The normalized spacial score (nSPS) is 16.3. The average Bonchev–Trinajstić information content (AvgIpc) is 2.37. The lowest BCUT2D eigenvalue weighted by Gasteiger charge is -2.31. The van der Waals surface area contributed by atoms with Crippen LogP contribution in [-0.4, -0.2) is 54.8 Å². The van der Waals surface area contributed by atoms with E-state index < -0.39 is 0 Å². The van der Waals surface area contributed by atoms with E-state index in [9.17, 15) is 9.59 Å². The molecule has 1 aromatic carbocycles. The first-order valence-electron chi connectivity index (χ1n) is 6.27. The van der Waals surface area contributed by atoms with Gasteiger partial charge in [0.05, 0.1) is 24.5 Å². The molecule has 0 bridgehead atoms. The number of carbonyl (C=O) groups excluding carboxylic acids is 2. The molecule has 0 spiro atoms. The number of hydrogen-bond acceptors (Lipinski definition) is 4. The number of anilines is 2. The van der Waals surface area contributed by atoms with Crippen LogP contribution in [0.4, 0.5) is 11.4 Å². The van der Waals surface area contributed by atoms with E-state index in [1.165, 1.54) is 0 Å². The number of nitrogens with two attached hydrogens (primary N) is 1. The van der Waals surface area contributed by atoms with E-state index in [0.717, 1.165) is 0 Å². The van der Waals surface area contributed by atoms with Crippen LogP contribution in [0.15, 0.2) is 18.2 Å². The molecule has 20 heavy (non-hydrogen) atoms. The number of nitrogens with zero attached hydrogens (tertiary/aromatic N) is 2. The lowest BCUT2D eigenvalue weighted by atomic mass is 10.2. The number of amides is 2. The van der Waals surface area contributed by atoms with Gasteiger partial charge in [-0.3, -0.25) is 14.5 Å². The van der Waals surface area contributed by atoms with Crippen molar-refractivity contribution >= 4 is 34.8 Å². The topological polar surface area (TPSA) is 78.7 Å². The molecular weight excluding hydrogens is 280 g/mol. The van der Waals surface area contributed by atoms with Gasteiger partial charge in [0.1, 0.15) is 0 Å². The molecule has 0 aliphatic carbocycles. The second-order valence-electron chi connectivity index (χ2n) is 4.81. The number of halogens is 1. The summed E-state index contributed by atoms with van der Waals surface area (Å²) < 4.78 is 0. The fraction of sp³-hybridized carbons (Fsp3) is 0.385. The summed E-state index contributed by atoms with van der Waals surface area (Å²) in [5, 5.41) is 3.24. The SMILES string of the molecule is CN1CCN(CC(=O)Nc2ccc(Cl)cc2N)CC1=O. The Morgan fingerprint density at radius 2 is 2.20 bits per heavy atom. The molecule has 2 amide bonds. The Hall–Kier alpha value is -1.79. The highest BCUT2D eigenvalue weighted by molar-refractivity contribution is 6.31. The van der Waals surface area contributed by atoms with Crippen LogP contribution in [0.1, 0.15) is 0 Å². The summed E-state index contributed by atoms with van der Waals surface area (Å²) in [7, 11) is 1.76. The highest BCUT2D eigenvalue weighted by Crippen LogP contribution is 2.22. The molecule has 0 unspecified atom stereocenters. The van der Waals surface area contributed by atoms with Gasteiger partial charge in [0.2, 0.25) is 11.8 Å². The molecule has 1 heterocycles. The zero-order chi connectivity index (χ0) is 14.7. The molecule has 3 N–H and O–H groups in total. The van der Waals surface area contributed by atoms with Crippen molar-refractivity contribution in [2.75, 3.05) is 44.3 Å². The summed E-state index contributed by atoms with van der Waals surface area (Å²) >= 11 is 5.80. The van der Waals surface area contributed by atoms with Crippen LogP contribution in [0.5, 0.6) is 0 Å².